The molecule has 0 atom stereocenters. The van der Waals surface area contributed by atoms with Gasteiger partial charge in [-0.25, -0.2) is 9.97 Å². The van der Waals surface area contributed by atoms with E-state index in [0.717, 1.165) is 92.8 Å². The van der Waals surface area contributed by atoms with Crippen LogP contribution in [0.4, 0.5) is 0 Å². The number of hydrogen-bond donors (Lipinski definition) is 0. The summed E-state index contributed by atoms with van der Waals surface area (Å²) >= 11 is 3.52. The second-order valence-corrected chi connectivity index (χ2v) is 14.9. The van der Waals surface area contributed by atoms with Crippen molar-refractivity contribution in [2.45, 2.75) is 0 Å². The summed E-state index contributed by atoms with van der Waals surface area (Å²) in [5.41, 5.74) is 8.79. The van der Waals surface area contributed by atoms with Gasteiger partial charge in [0.25, 0.3) is 0 Å². The summed E-state index contributed by atoms with van der Waals surface area (Å²) < 4.78 is 16.7. The van der Waals surface area contributed by atoms with E-state index >= 15 is 0 Å². The van der Waals surface area contributed by atoms with Crippen LogP contribution in [0.3, 0.4) is 0 Å². The van der Waals surface area contributed by atoms with Crippen molar-refractivity contribution < 1.29 is 8.83 Å². The van der Waals surface area contributed by atoms with Gasteiger partial charge in [0, 0.05) is 74.7 Å². The highest BCUT2D eigenvalue weighted by atomic mass is 32.1. The monoisotopic (exact) mass is 674 g/mol. The highest BCUT2D eigenvalue weighted by Gasteiger charge is 2.26. The lowest BCUT2D eigenvalue weighted by atomic mass is 9.96. The number of fused-ring (bicyclic) bond motifs is 16. The van der Waals surface area contributed by atoms with Gasteiger partial charge in [-0.05, 0) is 24.3 Å². The molecule has 4 nitrogen and oxygen atoms in total. The van der Waals surface area contributed by atoms with Gasteiger partial charge in [0.2, 0.25) is 0 Å². The Morgan fingerprint density at radius 3 is 2.04 bits per heavy atom. The molecule has 50 heavy (non-hydrogen) atoms. The third-order valence-corrected chi connectivity index (χ3v) is 12.4. The highest BCUT2D eigenvalue weighted by Crippen LogP contribution is 2.52. The van der Waals surface area contributed by atoms with Gasteiger partial charge in [-0.15, -0.1) is 22.7 Å². The summed E-state index contributed by atoms with van der Waals surface area (Å²) in [5, 5.41) is 9.11. The fourth-order valence-electron chi connectivity index (χ4n) is 7.88. The molecule has 0 aliphatic carbocycles. The van der Waals surface area contributed by atoms with Crippen LogP contribution in [0.2, 0.25) is 0 Å². The highest BCUT2D eigenvalue weighted by molar-refractivity contribution is 7.27. The molecule has 0 spiro atoms. The molecule has 12 aromatic rings. The Hall–Kier alpha value is -6.08. The summed E-state index contributed by atoms with van der Waals surface area (Å²) in [7, 11) is 0. The van der Waals surface area contributed by atoms with Crippen LogP contribution in [0, 0.1) is 0 Å². The number of para-hydroxylation sites is 2. The molecule has 0 saturated carbocycles. The van der Waals surface area contributed by atoms with E-state index in [2.05, 4.69) is 115 Å². The Kier molecular flexibility index (Phi) is 5.23. The van der Waals surface area contributed by atoms with E-state index < -0.39 is 0 Å². The van der Waals surface area contributed by atoms with E-state index in [1.165, 1.54) is 19.5 Å². The van der Waals surface area contributed by atoms with Crippen LogP contribution in [0.1, 0.15) is 0 Å². The molecule has 0 N–H and O–H groups in total. The smallest absolute Gasteiger partial charge is 0.161 e. The first-order chi connectivity index (χ1) is 24.8. The first-order valence-corrected chi connectivity index (χ1v) is 18.2. The Bertz CT molecular complexity index is 3330. The van der Waals surface area contributed by atoms with Crippen molar-refractivity contribution in [1.29, 1.82) is 0 Å². The largest absolute Gasteiger partial charge is 0.455 e. The Morgan fingerprint density at radius 1 is 0.440 bits per heavy atom. The van der Waals surface area contributed by atoms with E-state index in [4.69, 9.17) is 18.8 Å². The number of nitrogens with zero attached hydrogens (tertiary/aromatic N) is 2. The lowest BCUT2D eigenvalue weighted by Gasteiger charge is -2.11. The zero-order valence-electron chi connectivity index (χ0n) is 26.2. The molecule has 2 bridgehead atoms. The quantitative estimate of drug-likeness (QED) is 0.187. The van der Waals surface area contributed by atoms with E-state index in [1.807, 2.05) is 18.2 Å². The molecule has 6 aromatic heterocycles. The average Bonchev–Trinajstić information content (AvgIpc) is 3.99. The van der Waals surface area contributed by atoms with E-state index in [0.29, 0.717) is 5.82 Å². The van der Waals surface area contributed by atoms with Gasteiger partial charge >= 0.3 is 0 Å². The molecular weight excluding hydrogens is 653 g/mol. The van der Waals surface area contributed by atoms with Crippen molar-refractivity contribution in [3.63, 3.8) is 0 Å². The minimum absolute atomic E-state index is 0.699. The molecule has 0 aliphatic rings. The van der Waals surface area contributed by atoms with Crippen LogP contribution in [-0.2, 0) is 0 Å². The maximum atomic E-state index is 6.62. The van der Waals surface area contributed by atoms with Crippen molar-refractivity contribution in [3.05, 3.63) is 133 Å². The molecule has 0 radical (unpaired) electrons. The number of aromatic nitrogens is 2. The Labute approximate surface area is 291 Å². The molecule has 232 valence electrons. The normalized spacial score (nSPS) is 12.4. The molecule has 6 aromatic carbocycles. The summed E-state index contributed by atoms with van der Waals surface area (Å²) in [6, 6.07) is 46.8. The second kappa shape index (κ2) is 9.76. The average molecular weight is 675 g/mol. The molecule has 0 aliphatic heterocycles. The summed E-state index contributed by atoms with van der Waals surface area (Å²) in [6.07, 6.45) is 0. The lowest BCUT2D eigenvalue weighted by molar-refractivity contribution is 0.670. The van der Waals surface area contributed by atoms with Crippen LogP contribution in [-0.4, -0.2) is 9.97 Å². The van der Waals surface area contributed by atoms with Gasteiger partial charge in [0.1, 0.15) is 21.6 Å². The Morgan fingerprint density at radius 2 is 1.16 bits per heavy atom. The summed E-state index contributed by atoms with van der Waals surface area (Å²) in [5.74, 6) is 0.699. The number of furan rings is 3. The number of rotatable bonds is 3. The zero-order valence-corrected chi connectivity index (χ0v) is 27.9. The Balaban J connectivity index is 1.22. The summed E-state index contributed by atoms with van der Waals surface area (Å²) in [4.78, 5) is 11.7. The van der Waals surface area contributed by atoms with E-state index in [9.17, 15) is 0 Å². The molecule has 0 unspecified atom stereocenters. The molecule has 12 rings (SSSR count). The van der Waals surface area contributed by atoms with Gasteiger partial charge in [0.05, 0.1) is 10.4 Å². The van der Waals surface area contributed by atoms with E-state index in [-0.39, 0.29) is 0 Å². The van der Waals surface area contributed by atoms with Gasteiger partial charge < -0.3 is 8.83 Å². The minimum atomic E-state index is 0.699. The third-order valence-electron chi connectivity index (χ3n) is 10.1. The molecule has 6 heterocycles. The van der Waals surface area contributed by atoms with E-state index in [1.54, 1.807) is 22.7 Å². The predicted octanol–water partition coefficient (Wildman–Crippen LogP) is 13.4. The number of benzene rings is 7. The first kappa shape index (κ1) is 26.8. The fourth-order valence-corrected chi connectivity index (χ4v) is 10.3. The maximum absolute atomic E-state index is 6.62. The lowest BCUT2D eigenvalue weighted by Crippen LogP contribution is -1.94. The minimum Gasteiger partial charge on any atom is -0.455 e. The van der Waals surface area contributed by atoms with Gasteiger partial charge in [-0.1, -0.05) is 109 Å². The second-order valence-electron chi connectivity index (χ2n) is 12.8. The standard InChI is InChI=1S/C44H22N2O2S2/c1-2-11-23(12-3-1)37-35-30-16-7-9-20-34(30)49-44(35)46-43(45-37)24-21-31(29-18-10-17-26-25-13-6-8-19-33(25)47-38(26)29)41-32(22-24)36-39-27-14-4-5-15-28(27)40(48-39)42(36)50-41/h1-22H. The zero-order chi connectivity index (χ0) is 32.5. The van der Waals surface area contributed by atoms with Crippen molar-refractivity contribution >= 4 is 107 Å². The molecule has 6 heteroatoms. The maximum Gasteiger partial charge on any atom is 0.161 e. The topological polar surface area (TPSA) is 52.1 Å². The summed E-state index contributed by atoms with van der Waals surface area (Å²) in [6.45, 7) is 0. The van der Waals surface area contributed by atoms with Crippen LogP contribution in [0.5, 0.6) is 0 Å². The van der Waals surface area contributed by atoms with Gasteiger partial charge in [0.15, 0.2) is 11.4 Å². The van der Waals surface area contributed by atoms with Crippen LogP contribution < -0.4 is 0 Å². The number of thiophene rings is 2. The molecule has 0 fully saturated rings. The van der Waals surface area contributed by atoms with Gasteiger partial charge in [-0.3, -0.25) is 0 Å². The number of hydrogen-bond acceptors (Lipinski definition) is 6. The molecule has 0 amide bonds. The third kappa shape index (κ3) is 3.53. The van der Waals surface area contributed by atoms with Crippen LogP contribution in [0.15, 0.2) is 142 Å². The van der Waals surface area contributed by atoms with Crippen molar-refractivity contribution in [2.75, 3.05) is 0 Å². The van der Waals surface area contributed by atoms with Crippen LogP contribution in [0.25, 0.3) is 118 Å². The van der Waals surface area contributed by atoms with Crippen molar-refractivity contribution in [1.82, 2.24) is 9.97 Å². The van der Waals surface area contributed by atoms with Crippen molar-refractivity contribution in [2.24, 2.45) is 0 Å². The first-order valence-electron chi connectivity index (χ1n) is 16.6. The fraction of sp³-hybridized carbons (Fsp3) is 0. The predicted molar refractivity (Wildman–Crippen MR) is 210 cm³/mol. The molecular formula is C44H22N2O2S2. The SMILES string of the molecule is c1ccc(-c2nc(-c3cc(-c4cccc5c4oc4ccccc45)c4sc5c6oc(c7ccccc76)c5c4c3)nc3sc4ccccc4c23)cc1. The van der Waals surface area contributed by atoms with Crippen molar-refractivity contribution in [3.8, 4) is 33.8 Å². The van der Waals surface area contributed by atoms with Gasteiger partial charge in [-0.2, -0.15) is 0 Å². The molecule has 0 saturated heterocycles. The van der Waals surface area contributed by atoms with Crippen LogP contribution >= 0.6 is 22.7 Å².